The SMILES string of the molecule is COc1nnc(-c2cccc(OC3CCC(C(F)(F)F)CC3)n2)cc1NS(C)(=O)=O. The number of nitrogens with zero attached hydrogens (tertiary/aromatic N) is 3. The van der Waals surface area contributed by atoms with Crippen molar-refractivity contribution >= 4 is 15.7 Å². The van der Waals surface area contributed by atoms with Gasteiger partial charge >= 0.3 is 6.18 Å². The molecule has 30 heavy (non-hydrogen) atoms. The normalized spacial score (nSPS) is 19.9. The van der Waals surface area contributed by atoms with E-state index in [1.165, 1.54) is 13.2 Å². The fourth-order valence-electron chi connectivity index (χ4n) is 3.23. The summed E-state index contributed by atoms with van der Waals surface area (Å²) in [6, 6.07) is 6.32. The van der Waals surface area contributed by atoms with Crippen LogP contribution in [0, 0.1) is 5.92 Å². The third-order valence-electron chi connectivity index (χ3n) is 4.66. The van der Waals surface area contributed by atoms with Crippen LogP contribution < -0.4 is 14.2 Å². The molecule has 0 saturated heterocycles. The highest BCUT2D eigenvalue weighted by Gasteiger charge is 2.41. The van der Waals surface area contributed by atoms with E-state index in [4.69, 9.17) is 9.47 Å². The highest BCUT2D eigenvalue weighted by atomic mass is 32.2. The van der Waals surface area contributed by atoms with Crippen LogP contribution in [0.2, 0.25) is 0 Å². The molecular weight excluding hydrogens is 425 g/mol. The lowest BCUT2D eigenvalue weighted by Gasteiger charge is -2.29. The van der Waals surface area contributed by atoms with Crippen molar-refractivity contribution in [2.24, 2.45) is 5.92 Å². The van der Waals surface area contributed by atoms with Crippen LogP contribution in [0.15, 0.2) is 24.3 Å². The first kappa shape index (κ1) is 22.1. The van der Waals surface area contributed by atoms with Crippen LogP contribution in [-0.4, -0.2) is 49.2 Å². The van der Waals surface area contributed by atoms with E-state index in [0.717, 1.165) is 6.26 Å². The number of methoxy groups -OCH3 is 1. The lowest BCUT2D eigenvalue weighted by Crippen LogP contribution is -2.32. The summed E-state index contributed by atoms with van der Waals surface area (Å²) in [7, 11) is -2.24. The first-order chi connectivity index (χ1) is 14.0. The Morgan fingerprint density at radius 1 is 1.10 bits per heavy atom. The first-order valence-electron chi connectivity index (χ1n) is 9.15. The monoisotopic (exact) mass is 446 g/mol. The number of rotatable bonds is 6. The predicted molar refractivity (Wildman–Crippen MR) is 103 cm³/mol. The summed E-state index contributed by atoms with van der Waals surface area (Å²) < 4.78 is 74.6. The predicted octanol–water partition coefficient (Wildman–Crippen LogP) is 3.42. The van der Waals surface area contributed by atoms with Crippen molar-refractivity contribution < 1.29 is 31.1 Å². The number of anilines is 1. The zero-order valence-corrected chi connectivity index (χ0v) is 17.1. The molecule has 2 aromatic rings. The van der Waals surface area contributed by atoms with Gasteiger partial charge in [-0.15, -0.1) is 10.2 Å². The number of hydrogen-bond donors (Lipinski definition) is 1. The molecule has 2 heterocycles. The number of sulfonamides is 1. The van der Waals surface area contributed by atoms with E-state index in [1.54, 1.807) is 18.2 Å². The van der Waals surface area contributed by atoms with Gasteiger partial charge in [-0.3, -0.25) is 4.72 Å². The number of aromatic nitrogens is 3. The van der Waals surface area contributed by atoms with Crippen LogP contribution in [-0.2, 0) is 10.0 Å². The zero-order chi connectivity index (χ0) is 21.9. The van der Waals surface area contributed by atoms with Gasteiger partial charge in [0.25, 0.3) is 5.88 Å². The quantitative estimate of drug-likeness (QED) is 0.725. The second-order valence-electron chi connectivity index (χ2n) is 7.02. The number of halogens is 3. The van der Waals surface area contributed by atoms with Gasteiger partial charge in [0.15, 0.2) is 0 Å². The maximum atomic E-state index is 12.8. The Bertz CT molecular complexity index is 993. The van der Waals surface area contributed by atoms with E-state index < -0.39 is 22.1 Å². The molecule has 0 atom stereocenters. The fraction of sp³-hybridized carbons (Fsp3) is 0.500. The topological polar surface area (TPSA) is 103 Å². The molecule has 1 fully saturated rings. The third kappa shape index (κ3) is 5.71. The van der Waals surface area contributed by atoms with Gasteiger partial charge in [-0.2, -0.15) is 13.2 Å². The van der Waals surface area contributed by atoms with Gasteiger partial charge in [0.2, 0.25) is 15.9 Å². The lowest BCUT2D eigenvalue weighted by atomic mass is 9.87. The average molecular weight is 446 g/mol. The Morgan fingerprint density at radius 2 is 1.80 bits per heavy atom. The molecule has 0 radical (unpaired) electrons. The number of hydrogen-bond acceptors (Lipinski definition) is 7. The van der Waals surface area contributed by atoms with E-state index >= 15 is 0 Å². The molecule has 1 aliphatic rings. The molecule has 1 N–H and O–H groups in total. The Hall–Kier alpha value is -2.63. The molecule has 12 heteroatoms. The van der Waals surface area contributed by atoms with Gasteiger partial charge in [-0.25, -0.2) is 13.4 Å². The smallest absolute Gasteiger partial charge is 0.391 e. The molecule has 2 aromatic heterocycles. The van der Waals surface area contributed by atoms with Gasteiger partial charge in [-0.1, -0.05) is 6.07 Å². The molecule has 1 saturated carbocycles. The number of nitrogens with one attached hydrogen (secondary N) is 1. The Labute approximate surface area is 171 Å². The molecular formula is C18H21F3N4O4S. The molecule has 0 unspecified atom stereocenters. The van der Waals surface area contributed by atoms with Crippen molar-refractivity contribution in [3.05, 3.63) is 24.3 Å². The number of ether oxygens (including phenoxy) is 2. The number of pyridine rings is 1. The maximum absolute atomic E-state index is 12.8. The van der Waals surface area contributed by atoms with Crippen molar-refractivity contribution in [2.45, 2.75) is 38.0 Å². The molecule has 0 aromatic carbocycles. The van der Waals surface area contributed by atoms with Crippen molar-refractivity contribution in [2.75, 3.05) is 18.1 Å². The molecule has 0 amide bonds. The fourth-order valence-corrected chi connectivity index (χ4v) is 3.78. The highest BCUT2D eigenvalue weighted by Crippen LogP contribution is 2.38. The van der Waals surface area contributed by atoms with Crippen LogP contribution in [0.1, 0.15) is 25.7 Å². The minimum atomic E-state index is -4.17. The summed E-state index contributed by atoms with van der Waals surface area (Å²) >= 11 is 0. The average Bonchev–Trinajstić information content (AvgIpc) is 2.67. The standard InChI is InChI=1S/C18H21F3N4O4S/c1-28-17-15(25-30(2,26)27)10-14(23-24-17)13-4-3-5-16(22-13)29-12-8-6-11(7-9-12)18(19,20)21/h3-5,10-12H,6-9H2,1-2H3,(H,23,25). The van der Waals surface area contributed by atoms with Crippen LogP contribution in [0.25, 0.3) is 11.4 Å². The molecule has 0 spiro atoms. The molecule has 8 nitrogen and oxygen atoms in total. The maximum Gasteiger partial charge on any atom is 0.391 e. The first-order valence-corrected chi connectivity index (χ1v) is 11.0. The van der Waals surface area contributed by atoms with Gasteiger partial charge in [0.1, 0.15) is 17.5 Å². The van der Waals surface area contributed by atoms with Crippen molar-refractivity contribution in [3.8, 4) is 23.1 Å². The highest BCUT2D eigenvalue weighted by molar-refractivity contribution is 7.92. The zero-order valence-electron chi connectivity index (χ0n) is 16.3. The van der Waals surface area contributed by atoms with Gasteiger partial charge in [0, 0.05) is 6.07 Å². The van der Waals surface area contributed by atoms with Crippen LogP contribution >= 0.6 is 0 Å². The van der Waals surface area contributed by atoms with Crippen molar-refractivity contribution in [3.63, 3.8) is 0 Å². The van der Waals surface area contributed by atoms with Crippen molar-refractivity contribution in [1.29, 1.82) is 0 Å². The minimum Gasteiger partial charge on any atom is -0.478 e. The lowest BCUT2D eigenvalue weighted by molar-refractivity contribution is -0.185. The largest absolute Gasteiger partial charge is 0.478 e. The van der Waals surface area contributed by atoms with E-state index in [-0.39, 0.29) is 42.1 Å². The molecule has 1 aliphatic carbocycles. The summed E-state index contributed by atoms with van der Waals surface area (Å²) in [5.41, 5.74) is 0.736. The summed E-state index contributed by atoms with van der Waals surface area (Å²) in [5, 5.41) is 7.83. The van der Waals surface area contributed by atoms with E-state index in [2.05, 4.69) is 19.9 Å². The van der Waals surface area contributed by atoms with Crippen molar-refractivity contribution in [1.82, 2.24) is 15.2 Å². The summed E-state index contributed by atoms with van der Waals surface area (Å²) in [5.74, 6) is -1.04. The minimum absolute atomic E-state index is 0.00185. The second-order valence-corrected chi connectivity index (χ2v) is 8.77. The Morgan fingerprint density at radius 3 is 2.40 bits per heavy atom. The van der Waals surface area contributed by atoms with E-state index in [0.29, 0.717) is 18.5 Å². The van der Waals surface area contributed by atoms with E-state index in [9.17, 15) is 21.6 Å². The van der Waals surface area contributed by atoms with Gasteiger partial charge in [0.05, 0.1) is 25.0 Å². The molecule has 0 aliphatic heterocycles. The Kier molecular flexibility index (Phi) is 6.34. The van der Waals surface area contributed by atoms with Crippen LogP contribution in [0.3, 0.4) is 0 Å². The van der Waals surface area contributed by atoms with Crippen LogP contribution in [0.4, 0.5) is 18.9 Å². The summed E-state index contributed by atoms with van der Waals surface area (Å²) in [6.45, 7) is 0. The van der Waals surface area contributed by atoms with Crippen LogP contribution in [0.5, 0.6) is 11.8 Å². The van der Waals surface area contributed by atoms with Gasteiger partial charge in [-0.05, 0) is 37.8 Å². The summed E-state index contributed by atoms with van der Waals surface area (Å²) in [6.07, 6.45) is -2.89. The second kappa shape index (κ2) is 8.62. The third-order valence-corrected chi connectivity index (χ3v) is 5.25. The molecule has 164 valence electrons. The van der Waals surface area contributed by atoms with Gasteiger partial charge < -0.3 is 9.47 Å². The number of alkyl halides is 3. The molecule has 0 bridgehead atoms. The van der Waals surface area contributed by atoms with E-state index in [1.807, 2.05) is 0 Å². The summed E-state index contributed by atoms with van der Waals surface area (Å²) in [4.78, 5) is 4.33. The molecule has 3 rings (SSSR count). The Balaban J connectivity index is 1.75.